The fourth-order valence-electron chi connectivity index (χ4n) is 2.24. The summed E-state index contributed by atoms with van der Waals surface area (Å²) in [6.07, 6.45) is 6.95. The van der Waals surface area contributed by atoms with Gasteiger partial charge in [-0.25, -0.2) is 0 Å². The number of halogens is 1. The van der Waals surface area contributed by atoms with E-state index in [0.29, 0.717) is 17.3 Å². The summed E-state index contributed by atoms with van der Waals surface area (Å²) in [5.74, 6) is -0.143. The Kier molecular flexibility index (Phi) is 4.43. The van der Waals surface area contributed by atoms with Crippen molar-refractivity contribution < 1.29 is 4.79 Å². The lowest BCUT2D eigenvalue weighted by atomic mass is 10.2. The van der Waals surface area contributed by atoms with Gasteiger partial charge in [-0.3, -0.25) is 14.2 Å². The number of anilines is 1. The van der Waals surface area contributed by atoms with Crippen LogP contribution in [0.15, 0.2) is 49.1 Å². The standard InChI is InChI=1S/C16H16ClN5O/c1-12-6-18-21(8-12)11-16(23)20-15-7-19-22(10-15)9-13-3-2-4-14(17)5-13/h2-8,10H,9,11H2,1H3,(H,20,23). The average molecular weight is 330 g/mol. The summed E-state index contributed by atoms with van der Waals surface area (Å²) in [4.78, 5) is 12.0. The summed E-state index contributed by atoms with van der Waals surface area (Å²) in [6.45, 7) is 2.70. The van der Waals surface area contributed by atoms with E-state index in [0.717, 1.165) is 11.1 Å². The number of nitrogens with zero attached hydrogens (tertiary/aromatic N) is 4. The van der Waals surface area contributed by atoms with Gasteiger partial charge in [-0.2, -0.15) is 10.2 Å². The first-order chi connectivity index (χ1) is 11.1. The van der Waals surface area contributed by atoms with Crippen molar-refractivity contribution in [1.29, 1.82) is 0 Å². The Balaban J connectivity index is 1.59. The highest BCUT2D eigenvalue weighted by molar-refractivity contribution is 6.30. The minimum absolute atomic E-state index is 0.143. The number of amides is 1. The van der Waals surface area contributed by atoms with E-state index in [1.165, 1.54) is 0 Å². The molecule has 0 radical (unpaired) electrons. The highest BCUT2D eigenvalue weighted by Gasteiger charge is 2.07. The lowest BCUT2D eigenvalue weighted by Crippen LogP contribution is -2.18. The topological polar surface area (TPSA) is 64.7 Å². The van der Waals surface area contributed by atoms with E-state index < -0.39 is 0 Å². The molecule has 3 aromatic rings. The molecule has 0 unspecified atom stereocenters. The number of benzene rings is 1. The molecule has 7 heteroatoms. The van der Waals surface area contributed by atoms with Crippen molar-refractivity contribution in [2.45, 2.75) is 20.0 Å². The second-order valence-corrected chi connectivity index (χ2v) is 5.76. The van der Waals surface area contributed by atoms with Crippen LogP contribution in [0.4, 0.5) is 5.69 Å². The van der Waals surface area contributed by atoms with Crippen molar-refractivity contribution in [2.75, 3.05) is 5.32 Å². The molecule has 1 N–H and O–H groups in total. The van der Waals surface area contributed by atoms with E-state index in [1.54, 1.807) is 28.0 Å². The molecule has 2 heterocycles. The minimum atomic E-state index is -0.143. The van der Waals surface area contributed by atoms with Gasteiger partial charge in [0.2, 0.25) is 5.91 Å². The molecule has 0 aliphatic rings. The molecule has 118 valence electrons. The van der Waals surface area contributed by atoms with Gasteiger partial charge in [-0.15, -0.1) is 0 Å². The molecular weight excluding hydrogens is 314 g/mol. The lowest BCUT2D eigenvalue weighted by Gasteiger charge is -2.03. The molecule has 23 heavy (non-hydrogen) atoms. The van der Waals surface area contributed by atoms with E-state index in [4.69, 9.17) is 11.6 Å². The lowest BCUT2D eigenvalue weighted by molar-refractivity contribution is -0.116. The summed E-state index contributed by atoms with van der Waals surface area (Å²) in [7, 11) is 0. The molecule has 2 aromatic heterocycles. The number of nitrogens with one attached hydrogen (secondary N) is 1. The fraction of sp³-hybridized carbons (Fsp3) is 0.188. The molecule has 3 rings (SSSR count). The highest BCUT2D eigenvalue weighted by Crippen LogP contribution is 2.13. The van der Waals surface area contributed by atoms with Gasteiger partial charge in [0.25, 0.3) is 0 Å². The first-order valence-electron chi connectivity index (χ1n) is 7.14. The summed E-state index contributed by atoms with van der Waals surface area (Å²) in [6, 6.07) is 7.60. The van der Waals surface area contributed by atoms with Crippen LogP contribution in [0.2, 0.25) is 5.02 Å². The molecule has 0 spiro atoms. The average Bonchev–Trinajstić information content (AvgIpc) is 3.08. The molecule has 0 aliphatic heterocycles. The maximum atomic E-state index is 12.0. The molecule has 0 aliphatic carbocycles. The zero-order valence-electron chi connectivity index (χ0n) is 12.6. The van der Waals surface area contributed by atoms with Crippen LogP contribution in [0.1, 0.15) is 11.1 Å². The summed E-state index contributed by atoms with van der Waals surface area (Å²) in [5.41, 5.74) is 2.72. The monoisotopic (exact) mass is 329 g/mol. The van der Waals surface area contributed by atoms with Crippen LogP contribution in [0.25, 0.3) is 0 Å². The smallest absolute Gasteiger partial charge is 0.246 e. The Bertz CT molecular complexity index is 823. The molecule has 1 aromatic carbocycles. The third kappa shape index (κ3) is 4.20. The normalized spacial score (nSPS) is 10.7. The Morgan fingerprint density at radius 3 is 2.78 bits per heavy atom. The van der Waals surface area contributed by atoms with Crippen LogP contribution in [0, 0.1) is 6.92 Å². The number of aryl methyl sites for hydroxylation is 1. The quantitative estimate of drug-likeness (QED) is 0.782. The third-order valence-electron chi connectivity index (χ3n) is 3.22. The predicted octanol–water partition coefficient (Wildman–Crippen LogP) is 2.73. The number of carbonyl (C=O) groups excluding carboxylic acids is 1. The second kappa shape index (κ2) is 6.66. The van der Waals surface area contributed by atoms with Gasteiger partial charge in [0, 0.05) is 17.4 Å². The number of hydrogen-bond acceptors (Lipinski definition) is 3. The van der Waals surface area contributed by atoms with E-state index in [-0.39, 0.29) is 12.5 Å². The molecule has 0 atom stereocenters. The molecule has 0 bridgehead atoms. The van der Waals surface area contributed by atoms with Gasteiger partial charge in [-0.1, -0.05) is 23.7 Å². The largest absolute Gasteiger partial charge is 0.322 e. The van der Waals surface area contributed by atoms with Crippen molar-refractivity contribution in [3.63, 3.8) is 0 Å². The van der Waals surface area contributed by atoms with Crippen molar-refractivity contribution in [2.24, 2.45) is 0 Å². The van der Waals surface area contributed by atoms with Crippen molar-refractivity contribution in [3.8, 4) is 0 Å². The number of hydrogen-bond donors (Lipinski definition) is 1. The van der Waals surface area contributed by atoms with Crippen molar-refractivity contribution in [1.82, 2.24) is 19.6 Å². The number of rotatable bonds is 5. The Labute approximate surface area is 138 Å². The van der Waals surface area contributed by atoms with Crippen LogP contribution >= 0.6 is 11.6 Å². The molecular formula is C16H16ClN5O. The van der Waals surface area contributed by atoms with Crippen molar-refractivity contribution in [3.05, 3.63) is 65.2 Å². The van der Waals surface area contributed by atoms with Crippen LogP contribution in [-0.2, 0) is 17.9 Å². The van der Waals surface area contributed by atoms with Gasteiger partial charge in [-0.05, 0) is 30.2 Å². The first-order valence-corrected chi connectivity index (χ1v) is 7.52. The van der Waals surface area contributed by atoms with Gasteiger partial charge >= 0.3 is 0 Å². The maximum Gasteiger partial charge on any atom is 0.246 e. The van der Waals surface area contributed by atoms with Gasteiger partial charge in [0.15, 0.2) is 0 Å². The molecule has 6 nitrogen and oxygen atoms in total. The Hall–Kier alpha value is -2.60. The van der Waals surface area contributed by atoms with Gasteiger partial charge in [0.1, 0.15) is 6.54 Å². The van der Waals surface area contributed by atoms with E-state index in [1.807, 2.05) is 37.4 Å². The molecule has 1 amide bonds. The number of carbonyl (C=O) groups is 1. The molecule has 0 saturated carbocycles. The van der Waals surface area contributed by atoms with Crippen molar-refractivity contribution >= 4 is 23.2 Å². The SMILES string of the molecule is Cc1cnn(CC(=O)Nc2cnn(Cc3cccc(Cl)c3)c2)c1. The Morgan fingerprint density at radius 1 is 1.22 bits per heavy atom. The maximum absolute atomic E-state index is 12.0. The van der Waals surface area contributed by atoms with Gasteiger partial charge in [0.05, 0.1) is 24.6 Å². The predicted molar refractivity (Wildman–Crippen MR) is 88.4 cm³/mol. The second-order valence-electron chi connectivity index (χ2n) is 5.32. The number of aromatic nitrogens is 4. The summed E-state index contributed by atoms with van der Waals surface area (Å²) >= 11 is 5.97. The highest BCUT2D eigenvalue weighted by atomic mass is 35.5. The van der Waals surface area contributed by atoms with Crippen LogP contribution in [0.5, 0.6) is 0 Å². The van der Waals surface area contributed by atoms with E-state index >= 15 is 0 Å². The van der Waals surface area contributed by atoms with Crippen LogP contribution in [-0.4, -0.2) is 25.5 Å². The zero-order chi connectivity index (χ0) is 16.2. The molecule has 0 saturated heterocycles. The Morgan fingerprint density at radius 2 is 2.04 bits per heavy atom. The van der Waals surface area contributed by atoms with Gasteiger partial charge < -0.3 is 5.32 Å². The van der Waals surface area contributed by atoms with Crippen LogP contribution in [0.3, 0.4) is 0 Å². The molecule has 0 fully saturated rings. The van der Waals surface area contributed by atoms with E-state index in [2.05, 4.69) is 15.5 Å². The minimum Gasteiger partial charge on any atom is -0.322 e. The third-order valence-corrected chi connectivity index (χ3v) is 3.45. The fourth-order valence-corrected chi connectivity index (χ4v) is 2.45. The zero-order valence-corrected chi connectivity index (χ0v) is 13.4. The van der Waals surface area contributed by atoms with Crippen LogP contribution < -0.4 is 5.32 Å². The first kappa shape index (κ1) is 15.3. The summed E-state index contributed by atoms with van der Waals surface area (Å²) in [5, 5.41) is 11.8. The summed E-state index contributed by atoms with van der Waals surface area (Å²) < 4.78 is 3.35. The van der Waals surface area contributed by atoms with E-state index in [9.17, 15) is 4.79 Å².